The Balaban J connectivity index is 1.68. The first-order valence-electron chi connectivity index (χ1n) is 10.2. The number of hydrogen-bond acceptors (Lipinski definition) is 3. The monoisotopic (exact) mass is 397 g/mol. The lowest BCUT2D eigenvalue weighted by Gasteiger charge is -2.35. The van der Waals surface area contributed by atoms with Gasteiger partial charge in [0.2, 0.25) is 5.96 Å². The van der Waals surface area contributed by atoms with Crippen LogP contribution in [-0.4, -0.2) is 35.9 Å². The van der Waals surface area contributed by atoms with E-state index in [1.807, 2.05) is 42.3 Å². The Kier molecular flexibility index (Phi) is 5.60. The standard InChI is InChI=1S/C23H25F2N3O/c1-27(18-10-6-3-7-11-18)23-26-20(14-16-8-4-2-5-9-16)22(29)28(23)21-13-12-17(24)15-19(21)25/h2,4-5,8-9,12-13,15,18,20H,3,6-7,10-11,14H2,1H3. The predicted octanol–water partition coefficient (Wildman–Crippen LogP) is 4.54. The summed E-state index contributed by atoms with van der Waals surface area (Å²) in [6.45, 7) is 0. The molecule has 0 radical (unpaired) electrons. The number of aliphatic imine (C=N–C) groups is 1. The third-order valence-electron chi connectivity index (χ3n) is 5.84. The van der Waals surface area contributed by atoms with E-state index in [9.17, 15) is 13.6 Å². The smallest absolute Gasteiger partial charge is 0.259 e. The molecule has 1 aliphatic carbocycles. The number of amides is 1. The highest BCUT2D eigenvalue weighted by atomic mass is 19.1. The van der Waals surface area contributed by atoms with Crippen molar-refractivity contribution in [1.82, 2.24) is 4.90 Å². The maximum absolute atomic E-state index is 14.6. The minimum atomic E-state index is -0.761. The largest absolute Gasteiger partial charge is 0.342 e. The summed E-state index contributed by atoms with van der Waals surface area (Å²) in [6, 6.07) is 12.6. The van der Waals surface area contributed by atoms with Crippen LogP contribution in [0, 0.1) is 11.6 Å². The van der Waals surface area contributed by atoms with Crippen LogP contribution in [0.2, 0.25) is 0 Å². The van der Waals surface area contributed by atoms with E-state index in [2.05, 4.69) is 0 Å². The Hall–Kier alpha value is -2.76. The van der Waals surface area contributed by atoms with Crippen molar-refractivity contribution >= 4 is 17.6 Å². The molecule has 0 saturated heterocycles. The van der Waals surface area contributed by atoms with E-state index < -0.39 is 17.7 Å². The molecular weight excluding hydrogens is 372 g/mol. The minimum absolute atomic E-state index is 0.0494. The van der Waals surface area contributed by atoms with Gasteiger partial charge >= 0.3 is 0 Å². The summed E-state index contributed by atoms with van der Waals surface area (Å²) in [4.78, 5) is 21.3. The summed E-state index contributed by atoms with van der Waals surface area (Å²) >= 11 is 0. The summed E-state index contributed by atoms with van der Waals surface area (Å²) < 4.78 is 28.1. The molecular formula is C23H25F2N3O. The lowest BCUT2D eigenvalue weighted by Crippen LogP contribution is -2.48. The number of guanidine groups is 1. The van der Waals surface area contributed by atoms with Crippen LogP contribution in [0.15, 0.2) is 53.5 Å². The first kappa shape index (κ1) is 19.6. The molecule has 1 unspecified atom stereocenters. The van der Waals surface area contributed by atoms with Crippen molar-refractivity contribution in [3.05, 3.63) is 65.7 Å². The third kappa shape index (κ3) is 4.02. The van der Waals surface area contributed by atoms with E-state index in [0.29, 0.717) is 12.4 Å². The van der Waals surface area contributed by atoms with Crippen LogP contribution in [0.4, 0.5) is 14.5 Å². The van der Waals surface area contributed by atoms with Crippen LogP contribution in [0.5, 0.6) is 0 Å². The van der Waals surface area contributed by atoms with Crippen molar-refractivity contribution < 1.29 is 13.6 Å². The molecule has 1 aliphatic heterocycles. The molecule has 0 aromatic heterocycles. The van der Waals surface area contributed by atoms with Crippen molar-refractivity contribution in [2.24, 2.45) is 4.99 Å². The van der Waals surface area contributed by atoms with Crippen LogP contribution in [0.1, 0.15) is 37.7 Å². The Morgan fingerprint density at radius 3 is 2.48 bits per heavy atom. The second kappa shape index (κ2) is 8.31. The number of nitrogens with zero attached hydrogens (tertiary/aromatic N) is 3. The van der Waals surface area contributed by atoms with Gasteiger partial charge in [0.25, 0.3) is 5.91 Å². The highest BCUT2D eigenvalue weighted by Crippen LogP contribution is 2.30. The van der Waals surface area contributed by atoms with Gasteiger partial charge in [-0.05, 0) is 30.5 Å². The Labute approximate surface area is 169 Å². The second-order valence-electron chi connectivity index (χ2n) is 7.81. The van der Waals surface area contributed by atoms with Gasteiger partial charge in [-0.2, -0.15) is 0 Å². The summed E-state index contributed by atoms with van der Waals surface area (Å²) in [6.07, 6.45) is 5.96. The average Bonchev–Trinajstić information content (AvgIpc) is 3.05. The van der Waals surface area contributed by atoms with E-state index in [-0.39, 0.29) is 17.6 Å². The van der Waals surface area contributed by atoms with Gasteiger partial charge in [-0.25, -0.2) is 18.7 Å². The molecule has 1 saturated carbocycles. The molecule has 0 N–H and O–H groups in total. The lowest BCUT2D eigenvalue weighted by atomic mass is 9.95. The number of anilines is 1. The number of carbonyl (C=O) groups is 1. The van der Waals surface area contributed by atoms with Crippen LogP contribution >= 0.6 is 0 Å². The minimum Gasteiger partial charge on any atom is -0.342 e. The Bertz CT molecular complexity index is 910. The van der Waals surface area contributed by atoms with E-state index in [0.717, 1.165) is 37.3 Å². The molecule has 4 rings (SSSR count). The van der Waals surface area contributed by atoms with Gasteiger partial charge < -0.3 is 4.90 Å². The molecule has 152 valence electrons. The third-order valence-corrected chi connectivity index (χ3v) is 5.84. The molecule has 6 heteroatoms. The summed E-state index contributed by atoms with van der Waals surface area (Å²) in [5.41, 5.74) is 1.05. The maximum atomic E-state index is 14.6. The fraction of sp³-hybridized carbons (Fsp3) is 0.391. The van der Waals surface area contributed by atoms with Gasteiger partial charge in [-0.15, -0.1) is 0 Å². The van der Waals surface area contributed by atoms with E-state index in [1.54, 1.807) is 0 Å². The maximum Gasteiger partial charge on any atom is 0.259 e. The second-order valence-corrected chi connectivity index (χ2v) is 7.81. The van der Waals surface area contributed by atoms with Gasteiger partial charge in [0.1, 0.15) is 17.7 Å². The van der Waals surface area contributed by atoms with Gasteiger partial charge in [-0.3, -0.25) is 4.79 Å². The van der Waals surface area contributed by atoms with Gasteiger partial charge in [0.15, 0.2) is 0 Å². The van der Waals surface area contributed by atoms with Gasteiger partial charge in [0, 0.05) is 25.6 Å². The molecule has 2 aromatic carbocycles. The Morgan fingerprint density at radius 1 is 1.07 bits per heavy atom. The molecule has 2 aliphatic rings. The van der Waals surface area contributed by atoms with Crippen molar-refractivity contribution in [3.8, 4) is 0 Å². The molecule has 1 heterocycles. The number of carbonyl (C=O) groups excluding carboxylic acids is 1. The summed E-state index contributed by atoms with van der Waals surface area (Å²) in [7, 11) is 1.92. The molecule has 1 fully saturated rings. The molecule has 1 atom stereocenters. The van der Waals surface area contributed by atoms with Crippen LogP contribution in [-0.2, 0) is 11.2 Å². The van der Waals surface area contributed by atoms with E-state index >= 15 is 0 Å². The normalized spacial score (nSPS) is 20.1. The molecule has 0 spiro atoms. The number of benzene rings is 2. The quantitative estimate of drug-likeness (QED) is 0.759. The zero-order valence-electron chi connectivity index (χ0n) is 16.5. The van der Waals surface area contributed by atoms with Crippen molar-refractivity contribution in [3.63, 3.8) is 0 Å². The highest BCUT2D eigenvalue weighted by Gasteiger charge is 2.40. The van der Waals surface area contributed by atoms with Crippen molar-refractivity contribution in [2.75, 3.05) is 11.9 Å². The van der Waals surface area contributed by atoms with E-state index in [4.69, 9.17) is 4.99 Å². The summed E-state index contributed by atoms with van der Waals surface area (Å²) in [5.74, 6) is -1.26. The van der Waals surface area contributed by atoms with Gasteiger partial charge in [0.05, 0.1) is 5.69 Å². The van der Waals surface area contributed by atoms with Crippen LogP contribution < -0.4 is 4.90 Å². The SMILES string of the molecule is CN(C1=NC(Cc2ccccc2)C(=O)N1c1ccc(F)cc1F)C1CCCCC1. The van der Waals surface area contributed by atoms with Crippen LogP contribution in [0.25, 0.3) is 0 Å². The molecule has 4 nitrogen and oxygen atoms in total. The van der Waals surface area contributed by atoms with Crippen LogP contribution in [0.3, 0.4) is 0 Å². The predicted molar refractivity (Wildman–Crippen MR) is 110 cm³/mol. The molecule has 29 heavy (non-hydrogen) atoms. The topological polar surface area (TPSA) is 35.9 Å². The molecule has 2 aromatic rings. The molecule has 1 amide bonds. The first-order valence-corrected chi connectivity index (χ1v) is 10.2. The number of halogens is 2. The van der Waals surface area contributed by atoms with Crippen molar-refractivity contribution in [1.29, 1.82) is 0 Å². The van der Waals surface area contributed by atoms with E-state index in [1.165, 1.54) is 23.5 Å². The average molecular weight is 397 g/mol. The highest BCUT2D eigenvalue weighted by molar-refractivity contribution is 6.22. The molecule has 0 bridgehead atoms. The fourth-order valence-corrected chi connectivity index (χ4v) is 4.24. The van der Waals surface area contributed by atoms with Gasteiger partial charge in [-0.1, -0.05) is 49.6 Å². The lowest BCUT2D eigenvalue weighted by molar-refractivity contribution is -0.118. The first-order chi connectivity index (χ1) is 14.0. The van der Waals surface area contributed by atoms with Crippen molar-refractivity contribution in [2.45, 2.75) is 50.6 Å². The zero-order valence-corrected chi connectivity index (χ0v) is 16.5. The fourth-order valence-electron chi connectivity index (χ4n) is 4.24. The number of hydrogen-bond donors (Lipinski definition) is 0. The number of rotatable bonds is 4. The summed E-state index contributed by atoms with van der Waals surface area (Å²) in [5, 5.41) is 0. The Morgan fingerprint density at radius 2 is 1.79 bits per heavy atom. The zero-order chi connectivity index (χ0) is 20.4.